The van der Waals surface area contributed by atoms with Crippen molar-refractivity contribution < 1.29 is 9.90 Å². The highest BCUT2D eigenvalue weighted by Crippen LogP contribution is 2.19. The lowest BCUT2D eigenvalue weighted by atomic mass is 9.94. The van der Waals surface area contributed by atoms with Crippen molar-refractivity contribution in [2.75, 3.05) is 25.1 Å². The molecule has 0 saturated carbocycles. The number of urea groups is 1. The number of aliphatic hydroxyl groups is 1. The van der Waals surface area contributed by atoms with Crippen molar-refractivity contribution in [2.24, 2.45) is 5.92 Å². The Bertz CT molecular complexity index is 261. The lowest BCUT2D eigenvalue weighted by molar-refractivity contribution is 0.0734. The Morgan fingerprint density at radius 1 is 1.61 bits per heavy atom. The van der Waals surface area contributed by atoms with Crippen molar-refractivity contribution in [3.63, 3.8) is 0 Å². The number of thioether (sulfide) groups is 1. The van der Waals surface area contributed by atoms with Gasteiger partial charge in [0.25, 0.3) is 0 Å². The van der Waals surface area contributed by atoms with Crippen LogP contribution < -0.4 is 5.32 Å². The van der Waals surface area contributed by atoms with Gasteiger partial charge in [-0.05, 0) is 32.4 Å². The van der Waals surface area contributed by atoms with Gasteiger partial charge in [0.15, 0.2) is 0 Å². The van der Waals surface area contributed by atoms with E-state index < -0.39 is 0 Å². The van der Waals surface area contributed by atoms with Crippen LogP contribution >= 0.6 is 11.8 Å². The summed E-state index contributed by atoms with van der Waals surface area (Å²) in [5, 5.41) is 12.7. The number of carbonyl (C=O) groups excluding carboxylic acids is 1. The SMILES string of the molecule is CCC(CSC)NC(=O)N1CCCC(C(C)O)C1. The van der Waals surface area contributed by atoms with Crippen molar-refractivity contribution in [1.82, 2.24) is 10.2 Å². The van der Waals surface area contributed by atoms with E-state index in [1.54, 1.807) is 11.8 Å². The topological polar surface area (TPSA) is 52.6 Å². The van der Waals surface area contributed by atoms with E-state index >= 15 is 0 Å². The second-order valence-electron chi connectivity index (χ2n) is 5.10. The minimum Gasteiger partial charge on any atom is -0.393 e. The second-order valence-corrected chi connectivity index (χ2v) is 6.01. The molecule has 18 heavy (non-hydrogen) atoms. The van der Waals surface area contributed by atoms with Crippen LogP contribution in [0.5, 0.6) is 0 Å². The van der Waals surface area contributed by atoms with E-state index in [4.69, 9.17) is 0 Å². The van der Waals surface area contributed by atoms with Crippen LogP contribution in [0.25, 0.3) is 0 Å². The van der Waals surface area contributed by atoms with Gasteiger partial charge in [-0.25, -0.2) is 4.79 Å². The average molecular weight is 274 g/mol. The summed E-state index contributed by atoms with van der Waals surface area (Å²) >= 11 is 1.76. The van der Waals surface area contributed by atoms with Crippen LogP contribution in [-0.2, 0) is 0 Å². The molecule has 3 atom stereocenters. The number of rotatable bonds is 5. The van der Waals surface area contributed by atoms with Crippen LogP contribution in [0.1, 0.15) is 33.1 Å². The fourth-order valence-electron chi connectivity index (χ4n) is 2.32. The quantitative estimate of drug-likeness (QED) is 0.805. The number of carbonyl (C=O) groups is 1. The zero-order valence-corrected chi connectivity index (χ0v) is 12.5. The van der Waals surface area contributed by atoms with Gasteiger partial charge in [0.2, 0.25) is 0 Å². The third-order valence-electron chi connectivity index (χ3n) is 3.62. The first-order chi connectivity index (χ1) is 8.58. The smallest absolute Gasteiger partial charge is 0.317 e. The van der Waals surface area contributed by atoms with Crippen LogP contribution in [0, 0.1) is 5.92 Å². The Hall–Kier alpha value is -0.420. The lowest BCUT2D eigenvalue weighted by Crippen LogP contribution is -2.50. The van der Waals surface area contributed by atoms with Gasteiger partial charge in [0.1, 0.15) is 0 Å². The molecule has 5 heteroatoms. The molecule has 2 amide bonds. The molecular formula is C13H26N2O2S. The fraction of sp³-hybridized carbons (Fsp3) is 0.923. The second kappa shape index (κ2) is 7.89. The average Bonchev–Trinajstić information content (AvgIpc) is 2.38. The zero-order valence-electron chi connectivity index (χ0n) is 11.7. The van der Waals surface area contributed by atoms with Gasteiger partial charge in [-0.3, -0.25) is 0 Å². The molecule has 0 aromatic heterocycles. The number of amides is 2. The molecule has 2 N–H and O–H groups in total. The molecule has 0 aromatic carbocycles. The van der Waals surface area contributed by atoms with E-state index in [2.05, 4.69) is 18.5 Å². The molecule has 4 nitrogen and oxygen atoms in total. The molecule has 0 spiro atoms. The van der Waals surface area contributed by atoms with Gasteiger partial charge in [-0.15, -0.1) is 0 Å². The van der Waals surface area contributed by atoms with Gasteiger partial charge in [0, 0.05) is 30.8 Å². The van der Waals surface area contributed by atoms with Crippen LogP contribution in [0.2, 0.25) is 0 Å². The van der Waals surface area contributed by atoms with Crippen molar-refractivity contribution >= 4 is 17.8 Å². The van der Waals surface area contributed by atoms with E-state index in [1.807, 2.05) is 11.8 Å². The van der Waals surface area contributed by atoms with E-state index in [1.165, 1.54) is 0 Å². The molecule has 1 heterocycles. The first-order valence-electron chi connectivity index (χ1n) is 6.80. The van der Waals surface area contributed by atoms with Crippen molar-refractivity contribution in [1.29, 1.82) is 0 Å². The number of piperidine rings is 1. The standard InChI is InChI=1S/C13H26N2O2S/c1-4-12(9-18-3)14-13(17)15-7-5-6-11(8-15)10(2)16/h10-12,16H,4-9H2,1-3H3,(H,14,17). The Morgan fingerprint density at radius 2 is 2.33 bits per heavy atom. The maximum Gasteiger partial charge on any atom is 0.317 e. The third kappa shape index (κ3) is 4.69. The summed E-state index contributed by atoms with van der Waals surface area (Å²) in [7, 11) is 0. The van der Waals surface area contributed by atoms with Gasteiger partial charge in [0.05, 0.1) is 6.10 Å². The molecule has 1 saturated heterocycles. The Morgan fingerprint density at radius 3 is 2.89 bits per heavy atom. The summed E-state index contributed by atoms with van der Waals surface area (Å²) in [6.45, 7) is 5.40. The molecule has 3 unspecified atom stereocenters. The maximum absolute atomic E-state index is 12.1. The highest BCUT2D eigenvalue weighted by molar-refractivity contribution is 7.98. The number of likely N-dealkylation sites (tertiary alicyclic amines) is 1. The number of hydrogen-bond donors (Lipinski definition) is 2. The summed E-state index contributed by atoms with van der Waals surface area (Å²) in [4.78, 5) is 14.0. The number of nitrogens with one attached hydrogen (secondary N) is 1. The van der Waals surface area contributed by atoms with Gasteiger partial charge >= 0.3 is 6.03 Å². The molecule has 1 rings (SSSR count). The van der Waals surface area contributed by atoms with E-state index in [0.717, 1.165) is 31.6 Å². The molecule has 1 aliphatic heterocycles. The zero-order chi connectivity index (χ0) is 13.5. The van der Waals surface area contributed by atoms with Crippen molar-refractivity contribution in [3.05, 3.63) is 0 Å². The predicted octanol–water partition coefficient (Wildman–Crippen LogP) is 1.93. The highest BCUT2D eigenvalue weighted by atomic mass is 32.2. The molecule has 1 fully saturated rings. The maximum atomic E-state index is 12.1. The molecule has 0 aromatic rings. The monoisotopic (exact) mass is 274 g/mol. The Balaban J connectivity index is 2.45. The third-order valence-corrected chi connectivity index (χ3v) is 4.35. The van der Waals surface area contributed by atoms with Crippen molar-refractivity contribution in [3.8, 4) is 0 Å². The van der Waals surface area contributed by atoms with Crippen LogP contribution in [0.4, 0.5) is 4.79 Å². The number of nitrogens with zero attached hydrogens (tertiary/aromatic N) is 1. The van der Waals surface area contributed by atoms with Crippen LogP contribution in [-0.4, -0.2) is 53.3 Å². The molecule has 0 aliphatic carbocycles. The molecule has 0 bridgehead atoms. The molecular weight excluding hydrogens is 248 g/mol. The summed E-state index contributed by atoms with van der Waals surface area (Å²) < 4.78 is 0. The summed E-state index contributed by atoms with van der Waals surface area (Å²) in [5.74, 6) is 1.18. The van der Waals surface area contributed by atoms with Crippen molar-refractivity contribution in [2.45, 2.75) is 45.3 Å². The summed E-state index contributed by atoms with van der Waals surface area (Å²) in [5.41, 5.74) is 0. The Labute approximate surface area is 115 Å². The summed E-state index contributed by atoms with van der Waals surface area (Å²) in [6.07, 6.45) is 4.69. The van der Waals surface area contributed by atoms with Crippen LogP contribution in [0.3, 0.4) is 0 Å². The fourth-order valence-corrected chi connectivity index (χ4v) is 3.04. The number of hydrogen-bond acceptors (Lipinski definition) is 3. The van der Waals surface area contributed by atoms with E-state index in [-0.39, 0.29) is 24.1 Å². The van der Waals surface area contributed by atoms with Gasteiger partial charge in [-0.1, -0.05) is 6.92 Å². The first kappa shape index (κ1) is 15.6. The Kier molecular flexibility index (Phi) is 6.86. The molecule has 0 radical (unpaired) electrons. The largest absolute Gasteiger partial charge is 0.393 e. The predicted molar refractivity (Wildman–Crippen MR) is 77.0 cm³/mol. The minimum atomic E-state index is -0.325. The molecule has 1 aliphatic rings. The van der Waals surface area contributed by atoms with E-state index in [0.29, 0.717) is 6.54 Å². The minimum absolute atomic E-state index is 0.0289. The van der Waals surface area contributed by atoms with Crippen LogP contribution in [0.15, 0.2) is 0 Å². The van der Waals surface area contributed by atoms with Gasteiger partial charge < -0.3 is 15.3 Å². The summed E-state index contributed by atoms with van der Waals surface area (Å²) in [6, 6.07) is 0.278. The number of aliphatic hydroxyl groups excluding tert-OH is 1. The highest BCUT2D eigenvalue weighted by Gasteiger charge is 2.27. The van der Waals surface area contributed by atoms with Gasteiger partial charge in [-0.2, -0.15) is 11.8 Å². The normalized spacial score (nSPS) is 23.6. The lowest BCUT2D eigenvalue weighted by Gasteiger charge is -2.35. The molecule has 106 valence electrons. The first-order valence-corrected chi connectivity index (χ1v) is 8.20. The van der Waals surface area contributed by atoms with E-state index in [9.17, 15) is 9.90 Å².